The zero-order valence-electron chi connectivity index (χ0n) is 8.42. The lowest BCUT2D eigenvalue weighted by molar-refractivity contribution is -0.389. The van der Waals surface area contributed by atoms with Gasteiger partial charge in [-0.3, -0.25) is 15.1 Å². The van der Waals surface area contributed by atoms with E-state index in [4.69, 9.17) is 0 Å². The van der Waals surface area contributed by atoms with Gasteiger partial charge in [0.2, 0.25) is 5.75 Å². The van der Waals surface area contributed by atoms with Crippen LogP contribution in [0.2, 0.25) is 0 Å². The molecule has 0 unspecified atom stereocenters. The molecule has 0 atom stereocenters. The number of hydrogen-bond acceptors (Lipinski definition) is 4. The summed E-state index contributed by atoms with van der Waals surface area (Å²) in [6, 6.07) is 0. The van der Waals surface area contributed by atoms with Crippen LogP contribution >= 0.6 is 15.9 Å². The van der Waals surface area contributed by atoms with Gasteiger partial charge < -0.3 is 4.74 Å². The predicted octanol–water partition coefficient (Wildman–Crippen LogP) is 3.09. The predicted molar refractivity (Wildman–Crippen MR) is 54.9 cm³/mol. The summed E-state index contributed by atoms with van der Waals surface area (Å²) in [5, 5.41) is 10.7. The highest BCUT2D eigenvalue weighted by atomic mass is 79.9. The van der Waals surface area contributed by atoms with Crippen molar-refractivity contribution >= 4 is 21.6 Å². The zero-order valence-corrected chi connectivity index (χ0v) is 10.0. The fourth-order valence-corrected chi connectivity index (χ4v) is 1.69. The van der Waals surface area contributed by atoms with E-state index in [1.54, 1.807) is 0 Å². The summed E-state index contributed by atoms with van der Waals surface area (Å²) < 4.78 is 40.0. The van der Waals surface area contributed by atoms with E-state index in [9.17, 15) is 23.3 Å². The molecule has 9 heteroatoms. The van der Waals surface area contributed by atoms with Gasteiger partial charge in [-0.2, -0.15) is 0 Å². The molecule has 94 valence electrons. The lowest BCUT2D eigenvalue weighted by atomic mass is 10.2. The minimum atomic E-state index is -4.99. The van der Waals surface area contributed by atoms with Crippen molar-refractivity contribution < 1.29 is 22.8 Å². The Morgan fingerprint density at radius 3 is 2.59 bits per heavy atom. The highest BCUT2D eigenvalue weighted by Gasteiger charge is 2.36. The van der Waals surface area contributed by atoms with Gasteiger partial charge in [-0.1, -0.05) is 15.9 Å². The molecule has 1 aromatic rings. The van der Waals surface area contributed by atoms with Crippen LogP contribution in [0.1, 0.15) is 11.3 Å². The number of ether oxygens (including phenoxy) is 1. The molecule has 0 aliphatic carbocycles. The number of rotatable bonds is 3. The summed E-state index contributed by atoms with van der Waals surface area (Å²) in [4.78, 5) is 13.3. The Labute approximate surface area is 102 Å². The van der Waals surface area contributed by atoms with Crippen LogP contribution in [0.5, 0.6) is 5.75 Å². The molecule has 5 nitrogen and oxygen atoms in total. The highest BCUT2D eigenvalue weighted by Crippen LogP contribution is 2.36. The summed E-state index contributed by atoms with van der Waals surface area (Å²) in [6.45, 7) is 1.28. The number of nitro groups is 1. The molecular formula is C8H6BrF3N2O3. The molecule has 17 heavy (non-hydrogen) atoms. The second kappa shape index (κ2) is 4.86. The molecular weight excluding hydrogens is 309 g/mol. The molecule has 1 aromatic heterocycles. The van der Waals surface area contributed by atoms with Gasteiger partial charge in [0.05, 0.1) is 10.6 Å². The van der Waals surface area contributed by atoms with Gasteiger partial charge in [0, 0.05) is 10.9 Å². The Bertz CT molecular complexity index is 450. The number of halogens is 4. The van der Waals surface area contributed by atoms with E-state index < -0.39 is 22.7 Å². The van der Waals surface area contributed by atoms with Crippen LogP contribution in [0.25, 0.3) is 0 Å². The topological polar surface area (TPSA) is 65.3 Å². The van der Waals surface area contributed by atoms with E-state index in [-0.39, 0.29) is 16.6 Å². The first-order chi connectivity index (χ1) is 7.76. The van der Waals surface area contributed by atoms with Crippen molar-refractivity contribution in [3.05, 3.63) is 27.6 Å². The molecule has 0 saturated heterocycles. The van der Waals surface area contributed by atoms with Gasteiger partial charge >= 0.3 is 12.0 Å². The molecule has 1 heterocycles. The monoisotopic (exact) mass is 314 g/mol. The maximum atomic E-state index is 12.1. The van der Waals surface area contributed by atoms with Gasteiger partial charge in [0.15, 0.2) is 0 Å². The van der Waals surface area contributed by atoms with Gasteiger partial charge in [0.1, 0.15) is 6.20 Å². The summed E-state index contributed by atoms with van der Waals surface area (Å²) >= 11 is 3.01. The fraction of sp³-hybridized carbons (Fsp3) is 0.375. The fourth-order valence-electron chi connectivity index (χ4n) is 1.13. The first-order valence-electron chi connectivity index (χ1n) is 4.21. The minimum Gasteiger partial charge on any atom is -0.398 e. The quantitative estimate of drug-likeness (QED) is 0.488. The van der Waals surface area contributed by atoms with E-state index in [2.05, 4.69) is 25.7 Å². The Morgan fingerprint density at radius 1 is 1.59 bits per heavy atom. The first-order valence-corrected chi connectivity index (χ1v) is 5.33. The largest absolute Gasteiger partial charge is 0.573 e. The molecule has 0 saturated carbocycles. The highest BCUT2D eigenvalue weighted by molar-refractivity contribution is 9.08. The molecule has 0 aliphatic heterocycles. The zero-order chi connectivity index (χ0) is 13.2. The van der Waals surface area contributed by atoms with E-state index in [0.29, 0.717) is 0 Å². The second-order valence-corrected chi connectivity index (χ2v) is 3.54. The van der Waals surface area contributed by atoms with Crippen LogP contribution in [-0.4, -0.2) is 16.3 Å². The molecule has 0 fully saturated rings. The molecule has 1 rings (SSSR count). The van der Waals surface area contributed by atoms with Gasteiger partial charge in [-0.15, -0.1) is 13.2 Å². The molecule has 0 aliphatic rings. The first kappa shape index (κ1) is 13.7. The number of aromatic nitrogens is 1. The second-order valence-electron chi connectivity index (χ2n) is 2.98. The minimum absolute atomic E-state index is 0.0200. The average molecular weight is 315 g/mol. The SMILES string of the molecule is Cc1c(CBr)ncc([N+](=O)[O-])c1OC(F)(F)F. The van der Waals surface area contributed by atoms with E-state index in [1.807, 2.05) is 0 Å². The molecule has 0 amide bonds. The van der Waals surface area contributed by atoms with Crippen LogP contribution in [0.4, 0.5) is 18.9 Å². The maximum absolute atomic E-state index is 12.1. The standard InChI is InChI=1S/C8H6BrF3N2O3/c1-4-5(2-9)13-3-6(14(15)16)7(4)17-8(10,11)12/h3H,2H2,1H3. The Balaban J connectivity index is 3.35. The summed E-state index contributed by atoms with van der Waals surface area (Å²) in [5.74, 6) is -0.827. The van der Waals surface area contributed by atoms with E-state index >= 15 is 0 Å². The van der Waals surface area contributed by atoms with Crippen LogP contribution in [0.15, 0.2) is 6.20 Å². The van der Waals surface area contributed by atoms with Crippen molar-refractivity contribution in [2.45, 2.75) is 18.6 Å². The average Bonchev–Trinajstić information content (AvgIpc) is 2.18. The molecule has 0 N–H and O–H groups in total. The van der Waals surface area contributed by atoms with Crippen LogP contribution in [0.3, 0.4) is 0 Å². The summed E-state index contributed by atoms with van der Waals surface area (Å²) in [7, 11) is 0. The number of nitrogens with zero attached hydrogens (tertiary/aromatic N) is 2. The van der Waals surface area contributed by atoms with E-state index in [0.717, 1.165) is 6.20 Å². The van der Waals surface area contributed by atoms with Gasteiger partial charge in [0.25, 0.3) is 0 Å². The van der Waals surface area contributed by atoms with Gasteiger partial charge in [-0.25, -0.2) is 0 Å². The van der Waals surface area contributed by atoms with E-state index in [1.165, 1.54) is 6.92 Å². The Kier molecular flexibility index (Phi) is 3.91. The van der Waals surface area contributed by atoms with Crippen molar-refractivity contribution in [1.82, 2.24) is 4.98 Å². The summed E-state index contributed by atoms with van der Waals surface area (Å²) in [6.07, 6.45) is -4.24. The third-order valence-corrected chi connectivity index (χ3v) is 2.42. The Morgan fingerprint density at radius 2 is 2.18 bits per heavy atom. The van der Waals surface area contributed by atoms with Crippen LogP contribution in [-0.2, 0) is 5.33 Å². The third-order valence-electron chi connectivity index (χ3n) is 1.89. The van der Waals surface area contributed by atoms with Crippen molar-refractivity contribution in [2.24, 2.45) is 0 Å². The van der Waals surface area contributed by atoms with Crippen LogP contribution in [0, 0.1) is 17.0 Å². The normalized spacial score (nSPS) is 11.4. The van der Waals surface area contributed by atoms with Crippen molar-refractivity contribution in [1.29, 1.82) is 0 Å². The smallest absolute Gasteiger partial charge is 0.398 e. The number of alkyl halides is 4. The lowest BCUT2D eigenvalue weighted by Gasteiger charge is -2.12. The molecule has 0 spiro atoms. The maximum Gasteiger partial charge on any atom is 0.573 e. The summed E-state index contributed by atoms with van der Waals surface area (Å²) in [5.41, 5.74) is -0.590. The number of hydrogen-bond donors (Lipinski definition) is 0. The molecule has 0 radical (unpaired) electrons. The van der Waals surface area contributed by atoms with Crippen molar-refractivity contribution in [3.63, 3.8) is 0 Å². The Hall–Kier alpha value is -1.38. The molecule has 0 aromatic carbocycles. The van der Waals surface area contributed by atoms with Gasteiger partial charge in [-0.05, 0) is 6.92 Å². The molecule has 0 bridgehead atoms. The lowest BCUT2D eigenvalue weighted by Crippen LogP contribution is -2.19. The number of pyridine rings is 1. The van der Waals surface area contributed by atoms with Crippen molar-refractivity contribution in [2.75, 3.05) is 0 Å². The van der Waals surface area contributed by atoms with Crippen LogP contribution < -0.4 is 4.74 Å². The van der Waals surface area contributed by atoms with Crippen molar-refractivity contribution in [3.8, 4) is 5.75 Å². The third kappa shape index (κ3) is 3.29.